The predicted octanol–water partition coefficient (Wildman–Crippen LogP) is 5.25. The Labute approximate surface area is 131 Å². The Morgan fingerprint density at radius 1 is 0.864 bits per heavy atom. The molecule has 0 unspecified atom stereocenters. The molecule has 0 aromatic heterocycles. The van der Waals surface area contributed by atoms with Crippen LogP contribution in [0.25, 0.3) is 0 Å². The number of halogens is 3. The van der Waals surface area contributed by atoms with Gasteiger partial charge < -0.3 is 0 Å². The third-order valence-electron chi connectivity index (χ3n) is 4.10. The Kier molecular flexibility index (Phi) is 5.11. The normalized spacial score (nSPS) is 12.4. The van der Waals surface area contributed by atoms with E-state index < -0.39 is 19.8 Å². The molecular weight excluding hydrogens is 301 g/mol. The maximum atomic E-state index is 12.5. The first-order valence-electron chi connectivity index (χ1n) is 7.51. The summed E-state index contributed by atoms with van der Waals surface area (Å²) in [5.74, 6) is 0. The highest BCUT2D eigenvalue weighted by molar-refractivity contribution is 6.89. The van der Waals surface area contributed by atoms with Crippen LogP contribution in [0.15, 0.2) is 54.6 Å². The molecular formula is C18H21F3Si. The van der Waals surface area contributed by atoms with Crippen molar-refractivity contribution in [1.29, 1.82) is 0 Å². The zero-order valence-electron chi connectivity index (χ0n) is 13.0. The van der Waals surface area contributed by atoms with E-state index in [2.05, 4.69) is 37.4 Å². The van der Waals surface area contributed by atoms with Crippen LogP contribution in [0, 0.1) is 0 Å². The van der Waals surface area contributed by atoms with E-state index in [4.69, 9.17) is 0 Å². The Balaban J connectivity index is 1.91. The molecule has 0 N–H and O–H groups in total. The molecule has 0 aliphatic heterocycles. The molecule has 0 radical (unpaired) electrons. The van der Waals surface area contributed by atoms with Crippen molar-refractivity contribution in [2.24, 2.45) is 0 Å². The third-order valence-corrected chi connectivity index (χ3v) is 7.60. The molecule has 0 fully saturated rings. The number of hydrogen-bond donors (Lipinski definition) is 0. The molecule has 0 atom stereocenters. The predicted molar refractivity (Wildman–Crippen MR) is 88.1 cm³/mol. The number of rotatable bonds is 5. The maximum Gasteiger partial charge on any atom is 0.416 e. The molecule has 0 saturated heterocycles. The molecule has 0 saturated carbocycles. The molecule has 2 aromatic rings. The lowest BCUT2D eigenvalue weighted by atomic mass is 10.1. The molecule has 0 heterocycles. The molecule has 0 amide bonds. The van der Waals surface area contributed by atoms with Crippen LogP contribution in [-0.4, -0.2) is 8.07 Å². The van der Waals surface area contributed by atoms with Gasteiger partial charge in [-0.2, -0.15) is 13.2 Å². The molecule has 0 nitrogen and oxygen atoms in total. The molecule has 0 aliphatic rings. The summed E-state index contributed by atoms with van der Waals surface area (Å²) >= 11 is 0. The van der Waals surface area contributed by atoms with Crippen LogP contribution >= 0.6 is 0 Å². The minimum absolute atomic E-state index is 0.574. The van der Waals surface area contributed by atoms with Gasteiger partial charge in [-0.05, 0) is 24.1 Å². The van der Waals surface area contributed by atoms with Crippen LogP contribution < -0.4 is 5.19 Å². The van der Waals surface area contributed by atoms with Crippen molar-refractivity contribution in [2.45, 2.75) is 38.2 Å². The average molecular weight is 322 g/mol. The van der Waals surface area contributed by atoms with E-state index >= 15 is 0 Å². The lowest BCUT2D eigenvalue weighted by Crippen LogP contribution is -2.40. The largest absolute Gasteiger partial charge is 0.416 e. The molecule has 2 rings (SSSR count). The number of hydrogen-bond acceptors (Lipinski definition) is 0. The summed E-state index contributed by atoms with van der Waals surface area (Å²) in [6.07, 6.45) is -2.40. The van der Waals surface area contributed by atoms with Gasteiger partial charge in [0.15, 0.2) is 0 Å². The Bertz CT molecular complexity index is 586. The fourth-order valence-electron chi connectivity index (χ4n) is 2.63. The molecule has 118 valence electrons. The first-order valence-corrected chi connectivity index (χ1v) is 10.7. The summed E-state index contributed by atoms with van der Waals surface area (Å²) in [5, 5.41) is 1.43. The van der Waals surface area contributed by atoms with E-state index in [0.717, 1.165) is 24.4 Å². The minimum atomic E-state index is -4.25. The number of aryl methyl sites for hydroxylation is 1. The monoisotopic (exact) mass is 322 g/mol. The highest BCUT2D eigenvalue weighted by atomic mass is 28.3. The first-order chi connectivity index (χ1) is 10.3. The minimum Gasteiger partial charge on any atom is -0.166 e. The van der Waals surface area contributed by atoms with Crippen molar-refractivity contribution in [1.82, 2.24) is 0 Å². The van der Waals surface area contributed by atoms with Gasteiger partial charge in [0, 0.05) is 0 Å². The fourth-order valence-corrected chi connectivity index (χ4v) is 5.07. The SMILES string of the molecule is C[Si](C)(CCCc1ccc(C(F)(F)F)cc1)c1ccccc1. The van der Waals surface area contributed by atoms with E-state index in [-0.39, 0.29) is 0 Å². The van der Waals surface area contributed by atoms with E-state index in [1.807, 2.05) is 6.07 Å². The zero-order chi connectivity index (χ0) is 16.2. The summed E-state index contributed by atoms with van der Waals surface area (Å²) in [5.41, 5.74) is 0.404. The first kappa shape index (κ1) is 16.8. The zero-order valence-corrected chi connectivity index (χ0v) is 14.0. The van der Waals surface area contributed by atoms with Crippen LogP contribution in [0.4, 0.5) is 13.2 Å². The quantitative estimate of drug-likeness (QED) is 0.659. The van der Waals surface area contributed by atoms with Gasteiger partial charge in [-0.1, -0.05) is 73.2 Å². The van der Waals surface area contributed by atoms with Crippen molar-refractivity contribution in [2.75, 3.05) is 0 Å². The van der Waals surface area contributed by atoms with Gasteiger partial charge in [-0.3, -0.25) is 0 Å². The second-order valence-corrected chi connectivity index (χ2v) is 11.1. The number of alkyl halides is 3. The van der Waals surface area contributed by atoms with Crippen molar-refractivity contribution in [3.05, 3.63) is 65.7 Å². The Hall–Kier alpha value is -1.55. The van der Waals surface area contributed by atoms with Gasteiger partial charge in [0.2, 0.25) is 0 Å². The van der Waals surface area contributed by atoms with E-state index in [9.17, 15) is 13.2 Å². The second kappa shape index (κ2) is 6.69. The van der Waals surface area contributed by atoms with E-state index in [1.54, 1.807) is 12.1 Å². The Morgan fingerprint density at radius 3 is 2.00 bits per heavy atom. The topological polar surface area (TPSA) is 0 Å². The summed E-state index contributed by atoms with van der Waals surface area (Å²) < 4.78 is 37.6. The van der Waals surface area contributed by atoms with Crippen LogP contribution in [0.2, 0.25) is 19.1 Å². The Morgan fingerprint density at radius 2 is 1.45 bits per heavy atom. The second-order valence-electron chi connectivity index (χ2n) is 6.30. The number of benzene rings is 2. The fraction of sp³-hybridized carbons (Fsp3) is 0.333. The van der Waals surface area contributed by atoms with Crippen LogP contribution in [0.1, 0.15) is 17.5 Å². The molecule has 4 heteroatoms. The van der Waals surface area contributed by atoms with Gasteiger partial charge >= 0.3 is 6.18 Å². The average Bonchev–Trinajstić information content (AvgIpc) is 2.48. The van der Waals surface area contributed by atoms with Crippen molar-refractivity contribution in [3.8, 4) is 0 Å². The van der Waals surface area contributed by atoms with Crippen LogP contribution in [0.5, 0.6) is 0 Å². The van der Waals surface area contributed by atoms with Crippen molar-refractivity contribution < 1.29 is 13.2 Å². The highest BCUT2D eigenvalue weighted by Crippen LogP contribution is 2.29. The molecule has 0 spiro atoms. The highest BCUT2D eigenvalue weighted by Gasteiger charge is 2.30. The maximum absolute atomic E-state index is 12.5. The van der Waals surface area contributed by atoms with Gasteiger partial charge in [-0.15, -0.1) is 0 Å². The van der Waals surface area contributed by atoms with Gasteiger partial charge in [-0.25, -0.2) is 0 Å². The van der Waals surface area contributed by atoms with E-state index in [0.29, 0.717) is 0 Å². The summed E-state index contributed by atoms with van der Waals surface area (Å²) in [6.45, 7) is 4.68. The third kappa shape index (κ3) is 4.47. The van der Waals surface area contributed by atoms with Crippen LogP contribution in [-0.2, 0) is 12.6 Å². The van der Waals surface area contributed by atoms with Gasteiger partial charge in [0.1, 0.15) is 0 Å². The summed E-state index contributed by atoms with van der Waals surface area (Å²) in [7, 11) is -1.45. The van der Waals surface area contributed by atoms with Crippen LogP contribution in [0.3, 0.4) is 0 Å². The lowest BCUT2D eigenvalue weighted by Gasteiger charge is -2.22. The molecule has 0 bridgehead atoms. The van der Waals surface area contributed by atoms with E-state index in [1.165, 1.54) is 17.3 Å². The molecule has 0 aliphatic carbocycles. The van der Waals surface area contributed by atoms with Gasteiger partial charge in [0.25, 0.3) is 0 Å². The summed E-state index contributed by atoms with van der Waals surface area (Å²) in [4.78, 5) is 0. The molecule has 2 aromatic carbocycles. The van der Waals surface area contributed by atoms with Crippen molar-refractivity contribution >= 4 is 13.3 Å². The summed E-state index contributed by atoms with van der Waals surface area (Å²) in [6, 6.07) is 17.2. The standard InChI is InChI=1S/C18H21F3Si/c1-22(2,17-8-4-3-5-9-17)14-6-7-15-10-12-16(13-11-15)18(19,20)21/h3-5,8-13H,6-7,14H2,1-2H3. The van der Waals surface area contributed by atoms with Gasteiger partial charge in [0.05, 0.1) is 13.6 Å². The molecule has 22 heavy (non-hydrogen) atoms. The smallest absolute Gasteiger partial charge is 0.166 e. The lowest BCUT2D eigenvalue weighted by molar-refractivity contribution is -0.137. The van der Waals surface area contributed by atoms with Crippen molar-refractivity contribution in [3.63, 3.8) is 0 Å².